The summed E-state index contributed by atoms with van der Waals surface area (Å²) in [5.41, 5.74) is 3.67. The summed E-state index contributed by atoms with van der Waals surface area (Å²) < 4.78 is 0. The van der Waals surface area contributed by atoms with Crippen LogP contribution in [0.5, 0.6) is 0 Å². The first kappa shape index (κ1) is 14.7. The van der Waals surface area contributed by atoms with E-state index in [0.29, 0.717) is 0 Å². The lowest BCUT2D eigenvalue weighted by Crippen LogP contribution is -2.48. The van der Waals surface area contributed by atoms with Crippen molar-refractivity contribution in [2.75, 3.05) is 32.7 Å². The van der Waals surface area contributed by atoms with E-state index in [-0.39, 0.29) is 0 Å². The maximum absolute atomic E-state index is 3.51. The third-order valence-electron chi connectivity index (χ3n) is 6.45. The third kappa shape index (κ3) is 2.96. The molecule has 1 saturated carbocycles. The normalized spacial score (nSPS) is 28.9. The molecule has 2 heteroatoms. The third-order valence-corrected chi connectivity index (χ3v) is 6.45. The second-order valence-electron chi connectivity index (χ2n) is 8.18. The molecular weight excluding hydrogens is 268 g/mol. The van der Waals surface area contributed by atoms with Gasteiger partial charge in [0.05, 0.1) is 0 Å². The second-order valence-corrected chi connectivity index (χ2v) is 8.18. The van der Waals surface area contributed by atoms with Gasteiger partial charge in [0.2, 0.25) is 0 Å². The smallest absolute Gasteiger partial charge is 0.00509 e. The zero-order chi connectivity index (χ0) is 15.0. The van der Waals surface area contributed by atoms with E-state index in [2.05, 4.69) is 41.4 Å². The van der Waals surface area contributed by atoms with Crippen LogP contribution in [-0.2, 0) is 0 Å². The predicted molar refractivity (Wildman–Crippen MR) is 92.2 cm³/mol. The van der Waals surface area contributed by atoms with Crippen LogP contribution in [0.1, 0.15) is 49.1 Å². The zero-order valence-corrected chi connectivity index (χ0v) is 14.0. The Bertz CT molecular complexity index is 493. The fourth-order valence-corrected chi connectivity index (χ4v) is 5.13. The number of nitrogens with one attached hydrogen (secondary N) is 1. The Morgan fingerprint density at radius 2 is 1.86 bits per heavy atom. The molecule has 0 amide bonds. The van der Waals surface area contributed by atoms with Crippen molar-refractivity contribution < 1.29 is 0 Å². The molecule has 1 aliphatic carbocycles. The van der Waals surface area contributed by atoms with E-state index in [1.807, 2.05) is 0 Å². The minimum Gasteiger partial charge on any atom is -0.317 e. The highest BCUT2D eigenvalue weighted by atomic mass is 15.1. The number of piperidine rings is 1. The molecule has 4 rings (SSSR count). The van der Waals surface area contributed by atoms with Crippen molar-refractivity contribution in [1.29, 1.82) is 0 Å². The van der Waals surface area contributed by atoms with Gasteiger partial charge in [0.1, 0.15) is 0 Å². The number of rotatable bonds is 3. The average molecular weight is 298 g/mol. The molecule has 1 spiro atoms. The summed E-state index contributed by atoms with van der Waals surface area (Å²) in [7, 11) is 0. The lowest BCUT2D eigenvalue weighted by Gasteiger charge is -2.51. The molecule has 22 heavy (non-hydrogen) atoms. The number of hydrogen-bond donors (Lipinski definition) is 1. The maximum atomic E-state index is 3.51. The van der Waals surface area contributed by atoms with Crippen molar-refractivity contribution >= 4 is 0 Å². The lowest BCUT2D eigenvalue weighted by molar-refractivity contribution is 0.00593. The standard InChI is InChI=1S/C20H30N2/c1-16-2-4-18(5-3-16)19-6-11-22(15-19)14-17-12-20(13-17)7-9-21-10-8-20/h2-5,17,19,21H,6-15H2,1H3. The first-order valence-electron chi connectivity index (χ1n) is 9.22. The number of aryl methyl sites for hydroxylation is 1. The first-order chi connectivity index (χ1) is 10.7. The fourth-order valence-electron chi connectivity index (χ4n) is 5.13. The molecule has 1 N–H and O–H groups in total. The summed E-state index contributed by atoms with van der Waals surface area (Å²) in [6.07, 6.45) is 7.20. The zero-order valence-electron chi connectivity index (χ0n) is 14.0. The van der Waals surface area contributed by atoms with Crippen molar-refractivity contribution in [3.8, 4) is 0 Å². The Morgan fingerprint density at radius 3 is 2.59 bits per heavy atom. The summed E-state index contributed by atoms with van der Waals surface area (Å²) in [5, 5.41) is 3.51. The highest BCUT2D eigenvalue weighted by Gasteiger charge is 2.45. The van der Waals surface area contributed by atoms with Gasteiger partial charge in [-0.05, 0) is 81.5 Å². The van der Waals surface area contributed by atoms with Crippen LogP contribution in [0.2, 0.25) is 0 Å². The van der Waals surface area contributed by atoms with Crippen LogP contribution in [0.25, 0.3) is 0 Å². The van der Waals surface area contributed by atoms with Crippen LogP contribution >= 0.6 is 0 Å². The topological polar surface area (TPSA) is 15.3 Å². The van der Waals surface area contributed by atoms with Gasteiger partial charge in [0, 0.05) is 13.1 Å². The van der Waals surface area contributed by atoms with Gasteiger partial charge in [-0.15, -0.1) is 0 Å². The molecule has 2 saturated heterocycles. The van der Waals surface area contributed by atoms with Crippen LogP contribution < -0.4 is 5.32 Å². The molecule has 1 aromatic carbocycles. The van der Waals surface area contributed by atoms with Crippen molar-refractivity contribution in [3.63, 3.8) is 0 Å². The molecule has 2 aliphatic heterocycles. The number of likely N-dealkylation sites (tertiary alicyclic amines) is 1. The van der Waals surface area contributed by atoms with Crippen molar-refractivity contribution in [2.24, 2.45) is 11.3 Å². The molecular formula is C20H30N2. The lowest BCUT2D eigenvalue weighted by atomic mass is 9.57. The SMILES string of the molecule is Cc1ccc(C2CCN(CC3CC4(CCNCC4)C3)C2)cc1. The minimum absolute atomic E-state index is 0.742. The van der Waals surface area contributed by atoms with Gasteiger partial charge in [-0.2, -0.15) is 0 Å². The van der Waals surface area contributed by atoms with Crippen LogP contribution in [0.3, 0.4) is 0 Å². The Kier molecular flexibility index (Phi) is 4.00. The summed E-state index contributed by atoms with van der Waals surface area (Å²) in [6, 6.07) is 9.23. The molecule has 0 radical (unpaired) electrons. The van der Waals surface area contributed by atoms with Crippen LogP contribution in [0.4, 0.5) is 0 Å². The van der Waals surface area contributed by atoms with Gasteiger partial charge >= 0.3 is 0 Å². The summed E-state index contributed by atoms with van der Waals surface area (Å²) in [6.45, 7) is 8.64. The van der Waals surface area contributed by atoms with Gasteiger partial charge in [-0.3, -0.25) is 0 Å². The molecule has 0 bridgehead atoms. The molecule has 1 unspecified atom stereocenters. The van der Waals surface area contributed by atoms with Gasteiger partial charge in [-0.1, -0.05) is 29.8 Å². The number of hydrogen-bond acceptors (Lipinski definition) is 2. The molecule has 3 fully saturated rings. The van der Waals surface area contributed by atoms with E-state index in [9.17, 15) is 0 Å². The van der Waals surface area contributed by atoms with E-state index in [1.165, 1.54) is 70.4 Å². The minimum atomic E-state index is 0.742. The summed E-state index contributed by atoms with van der Waals surface area (Å²) in [4.78, 5) is 2.74. The Labute approximate surface area is 135 Å². The highest BCUT2D eigenvalue weighted by Crippen LogP contribution is 2.52. The molecule has 2 nitrogen and oxygen atoms in total. The van der Waals surface area contributed by atoms with Crippen LogP contribution in [0, 0.1) is 18.3 Å². The Balaban J connectivity index is 1.26. The number of benzene rings is 1. The molecule has 1 aromatic rings. The quantitative estimate of drug-likeness (QED) is 0.918. The van der Waals surface area contributed by atoms with Gasteiger partial charge in [-0.25, -0.2) is 0 Å². The largest absolute Gasteiger partial charge is 0.317 e. The second kappa shape index (κ2) is 5.98. The van der Waals surface area contributed by atoms with E-state index in [0.717, 1.165) is 17.3 Å². The van der Waals surface area contributed by atoms with E-state index >= 15 is 0 Å². The summed E-state index contributed by atoms with van der Waals surface area (Å²) >= 11 is 0. The highest BCUT2D eigenvalue weighted by molar-refractivity contribution is 5.25. The van der Waals surface area contributed by atoms with E-state index in [4.69, 9.17) is 0 Å². The van der Waals surface area contributed by atoms with Crippen LogP contribution in [-0.4, -0.2) is 37.6 Å². The van der Waals surface area contributed by atoms with E-state index < -0.39 is 0 Å². The molecule has 3 aliphatic rings. The summed E-state index contributed by atoms with van der Waals surface area (Å²) in [5.74, 6) is 1.75. The average Bonchev–Trinajstić information content (AvgIpc) is 2.96. The molecule has 1 atom stereocenters. The molecule has 120 valence electrons. The van der Waals surface area contributed by atoms with Crippen molar-refractivity contribution in [2.45, 2.75) is 44.9 Å². The van der Waals surface area contributed by atoms with Crippen LogP contribution in [0.15, 0.2) is 24.3 Å². The van der Waals surface area contributed by atoms with Gasteiger partial charge in [0.25, 0.3) is 0 Å². The maximum Gasteiger partial charge on any atom is 0.00509 e. The Hall–Kier alpha value is -0.860. The Morgan fingerprint density at radius 1 is 1.14 bits per heavy atom. The number of nitrogens with zero attached hydrogens (tertiary/aromatic N) is 1. The van der Waals surface area contributed by atoms with Gasteiger partial charge in [0.15, 0.2) is 0 Å². The first-order valence-corrected chi connectivity index (χ1v) is 9.22. The predicted octanol–water partition coefficient (Wildman–Crippen LogP) is 3.56. The monoisotopic (exact) mass is 298 g/mol. The molecule has 0 aromatic heterocycles. The van der Waals surface area contributed by atoms with Gasteiger partial charge < -0.3 is 10.2 Å². The van der Waals surface area contributed by atoms with Crippen molar-refractivity contribution in [1.82, 2.24) is 10.2 Å². The fraction of sp³-hybridized carbons (Fsp3) is 0.700. The molecule has 2 heterocycles. The van der Waals surface area contributed by atoms with Crippen molar-refractivity contribution in [3.05, 3.63) is 35.4 Å². The van der Waals surface area contributed by atoms with E-state index in [1.54, 1.807) is 5.56 Å².